The van der Waals surface area contributed by atoms with Gasteiger partial charge in [0, 0.05) is 13.1 Å². The van der Waals surface area contributed by atoms with Crippen molar-refractivity contribution in [3.8, 4) is 5.75 Å². The zero-order valence-corrected chi connectivity index (χ0v) is 11.3. The molecule has 0 fully saturated rings. The summed E-state index contributed by atoms with van der Waals surface area (Å²) in [4.78, 5) is 33.0. The second kappa shape index (κ2) is 7.58. The Kier molecular flexibility index (Phi) is 5.80. The van der Waals surface area contributed by atoms with Crippen molar-refractivity contribution in [2.45, 2.75) is 0 Å². The number of methoxy groups -OCH3 is 1. The van der Waals surface area contributed by atoms with Gasteiger partial charge in [-0.15, -0.1) is 0 Å². The minimum Gasteiger partial charge on any atom is -0.495 e. The Morgan fingerprint density at radius 2 is 1.90 bits per heavy atom. The number of carboxylic acids is 1. The SMILES string of the molecule is COc1ccc(C(=O)O)cc1NC(=O)NCCNC(N)=O. The molecule has 6 N–H and O–H groups in total. The maximum Gasteiger partial charge on any atom is 0.335 e. The number of hydrogen-bond acceptors (Lipinski definition) is 4. The quantitative estimate of drug-likeness (QED) is 0.476. The van der Waals surface area contributed by atoms with Crippen LogP contribution in [-0.4, -0.2) is 43.3 Å². The first-order valence-corrected chi connectivity index (χ1v) is 5.93. The second-order valence-electron chi connectivity index (χ2n) is 3.89. The number of nitrogens with one attached hydrogen (secondary N) is 3. The van der Waals surface area contributed by atoms with Gasteiger partial charge in [0.2, 0.25) is 0 Å². The van der Waals surface area contributed by atoms with Gasteiger partial charge in [-0.1, -0.05) is 0 Å². The summed E-state index contributed by atoms with van der Waals surface area (Å²) in [7, 11) is 1.40. The van der Waals surface area contributed by atoms with Crippen molar-refractivity contribution >= 4 is 23.7 Å². The van der Waals surface area contributed by atoms with Gasteiger partial charge in [0.25, 0.3) is 0 Å². The first kappa shape index (κ1) is 16.1. The van der Waals surface area contributed by atoms with E-state index in [2.05, 4.69) is 16.0 Å². The number of aromatic carboxylic acids is 1. The van der Waals surface area contributed by atoms with Crippen LogP contribution in [0.2, 0.25) is 0 Å². The molecule has 21 heavy (non-hydrogen) atoms. The molecule has 0 aliphatic heterocycles. The lowest BCUT2D eigenvalue weighted by atomic mass is 10.2. The largest absolute Gasteiger partial charge is 0.495 e. The van der Waals surface area contributed by atoms with Crippen LogP contribution in [0.15, 0.2) is 18.2 Å². The first-order chi connectivity index (χ1) is 9.93. The standard InChI is InChI=1S/C12H16N4O5/c1-21-9-3-2-7(10(17)18)6-8(9)16-12(20)15-5-4-14-11(13)19/h2-3,6H,4-5H2,1H3,(H,17,18)(H3,13,14,19)(H2,15,16,20). The topological polar surface area (TPSA) is 143 Å². The normalized spacial score (nSPS) is 9.57. The van der Waals surface area contributed by atoms with E-state index in [0.29, 0.717) is 5.75 Å². The summed E-state index contributed by atoms with van der Waals surface area (Å²) < 4.78 is 5.03. The second-order valence-corrected chi connectivity index (χ2v) is 3.89. The van der Waals surface area contributed by atoms with Crippen LogP contribution in [0.1, 0.15) is 10.4 Å². The third kappa shape index (κ3) is 5.27. The summed E-state index contributed by atoms with van der Waals surface area (Å²) in [6, 6.07) is 2.83. The lowest BCUT2D eigenvalue weighted by molar-refractivity contribution is 0.0697. The summed E-state index contributed by atoms with van der Waals surface area (Å²) in [5.41, 5.74) is 5.10. The lowest BCUT2D eigenvalue weighted by Crippen LogP contribution is -2.38. The molecule has 4 amide bonds. The van der Waals surface area contributed by atoms with E-state index in [1.165, 1.54) is 25.3 Å². The highest BCUT2D eigenvalue weighted by Gasteiger charge is 2.11. The number of nitrogens with two attached hydrogens (primary N) is 1. The average molecular weight is 296 g/mol. The first-order valence-electron chi connectivity index (χ1n) is 5.93. The van der Waals surface area contributed by atoms with Crippen LogP contribution < -0.4 is 26.4 Å². The minimum absolute atomic E-state index is 0.0153. The van der Waals surface area contributed by atoms with Crippen molar-refractivity contribution in [1.29, 1.82) is 0 Å². The van der Waals surface area contributed by atoms with Gasteiger partial charge >= 0.3 is 18.0 Å². The fourth-order valence-electron chi connectivity index (χ4n) is 1.47. The predicted octanol–water partition coefficient (Wildman–Crippen LogP) is 0.183. The predicted molar refractivity (Wildman–Crippen MR) is 74.6 cm³/mol. The van der Waals surface area contributed by atoms with Crippen molar-refractivity contribution in [3.05, 3.63) is 23.8 Å². The molecule has 1 rings (SSSR count). The molecule has 0 unspecified atom stereocenters. The van der Waals surface area contributed by atoms with E-state index in [0.717, 1.165) is 0 Å². The Morgan fingerprint density at radius 1 is 1.24 bits per heavy atom. The monoisotopic (exact) mass is 296 g/mol. The zero-order valence-electron chi connectivity index (χ0n) is 11.3. The van der Waals surface area contributed by atoms with Crippen LogP contribution in [0.3, 0.4) is 0 Å². The molecule has 0 bridgehead atoms. The van der Waals surface area contributed by atoms with E-state index in [-0.39, 0.29) is 24.3 Å². The van der Waals surface area contributed by atoms with Gasteiger partial charge in [-0.3, -0.25) is 0 Å². The molecule has 0 atom stereocenters. The van der Waals surface area contributed by atoms with Gasteiger partial charge in [-0.05, 0) is 18.2 Å². The minimum atomic E-state index is -1.12. The van der Waals surface area contributed by atoms with Crippen LogP contribution in [-0.2, 0) is 0 Å². The van der Waals surface area contributed by atoms with Crippen LogP contribution in [0, 0.1) is 0 Å². The summed E-state index contributed by atoms with van der Waals surface area (Å²) in [6.07, 6.45) is 0. The van der Waals surface area contributed by atoms with E-state index in [1.807, 2.05) is 0 Å². The highest BCUT2D eigenvalue weighted by atomic mass is 16.5. The fourth-order valence-corrected chi connectivity index (χ4v) is 1.47. The molecule has 0 aliphatic rings. The molecular weight excluding hydrogens is 280 g/mol. The highest BCUT2D eigenvalue weighted by molar-refractivity contribution is 5.94. The van der Waals surface area contributed by atoms with Crippen molar-refractivity contribution in [1.82, 2.24) is 10.6 Å². The van der Waals surface area contributed by atoms with Crippen molar-refractivity contribution < 1.29 is 24.2 Å². The molecule has 0 radical (unpaired) electrons. The molecule has 1 aromatic carbocycles. The molecule has 0 heterocycles. The van der Waals surface area contributed by atoms with Crippen molar-refractivity contribution in [3.63, 3.8) is 0 Å². The van der Waals surface area contributed by atoms with E-state index < -0.39 is 18.0 Å². The molecule has 9 nitrogen and oxygen atoms in total. The Bertz CT molecular complexity index is 546. The maximum absolute atomic E-state index is 11.6. The third-order valence-corrected chi connectivity index (χ3v) is 2.40. The van der Waals surface area contributed by atoms with Gasteiger partial charge in [-0.2, -0.15) is 0 Å². The van der Waals surface area contributed by atoms with Crippen molar-refractivity contribution in [2.24, 2.45) is 5.73 Å². The van der Waals surface area contributed by atoms with Gasteiger partial charge in [-0.25, -0.2) is 14.4 Å². The van der Waals surface area contributed by atoms with Gasteiger partial charge in [0.15, 0.2) is 0 Å². The molecule has 0 saturated carbocycles. The molecule has 0 spiro atoms. The number of primary amides is 1. The van der Waals surface area contributed by atoms with Crippen LogP contribution in [0.4, 0.5) is 15.3 Å². The Labute approximate surface area is 120 Å². The van der Waals surface area contributed by atoms with Crippen LogP contribution in [0.5, 0.6) is 5.75 Å². The molecule has 9 heteroatoms. The third-order valence-electron chi connectivity index (χ3n) is 2.40. The number of hydrogen-bond donors (Lipinski definition) is 5. The maximum atomic E-state index is 11.6. The van der Waals surface area contributed by atoms with E-state index in [9.17, 15) is 14.4 Å². The van der Waals surface area contributed by atoms with E-state index >= 15 is 0 Å². The molecule has 0 aliphatic carbocycles. The van der Waals surface area contributed by atoms with Gasteiger partial charge in [0.05, 0.1) is 18.4 Å². The summed E-state index contributed by atoms with van der Waals surface area (Å²) in [6.45, 7) is 0.338. The Balaban J connectivity index is 2.63. The van der Waals surface area contributed by atoms with Crippen LogP contribution >= 0.6 is 0 Å². The van der Waals surface area contributed by atoms with Crippen molar-refractivity contribution in [2.75, 3.05) is 25.5 Å². The number of urea groups is 2. The summed E-state index contributed by atoms with van der Waals surface area (Å²) >= 11 is 0. The number of carboxylic acid groups (broad SMARTS) is 1. The smallest absolute Gasteiger partial charge is 0.335 e. The van der Waals surface area contributed by atoms with E-state index in [1.54, 1.807) is 0 Å². The molecule has 114 valence electrons. The number of anilines is 1. The number of benzene rings is 1. The number of rotatable bonds is 6. The summed E-state index contributed by atoms with van der Waals surface area (Å²) in [5.74, 6) is -0.794. The zero-order chi connectivity index (χ0) is 15.8. The highest BCUT2D eigenvalue weighted by Crippen LogP contribution is 2.25. The Morgan fingerprint density at radius 3 is 2.48 bits per heavy atom. The Hall–Kier alpha value is -2.97. The van der Waals surface area contributed by atoms with E-state index in [4.69, 9.17) is 15.6 Å². The molecule has 0 aromatic heterocycles. The number of carbonyl (C=O) groups excluding carboxylic acids is 2. The number of amides is 4. The molecular formula is C12H16N4O5. The molecule has 1 aromatic rings. The van der Waals surface area contributed by atoms with Gasteiger partial charge < -0.3 is 31.5 Å². The number of carbonyl (C=O) groups is 3. The summed E-state index contributed by atoms with van der Waals surface area (Å²) in [5, 5.41) is 16.1. The van der Waals surface area contributed by atoms with Gasteiger partial charge in [0.1, 0.15) is 5.75 Å². The van der Waals surface area contributed by atoms with Crippen LogP contribution in [0.25, 0.3) is 0 Å². The average Bonchev–Trinajstić information content (AvgIpc) is 2.43. The lowest BCUT2D eigenvalue weighted by Gasteiger charge is -2.12. The fraction of sp³-hybridized carbons (Fsp3) is 0.250. The number of ether oxygens (including phenoxy) is 1. The molecule has 0 saturated heterocycles.